The molecule has 80 valence electrons. The van der Waals surface area contributed by atoms with Gasteiger partial charge in [0.15, 0.2) is 5.78 Å². The molecule has 1 aromatic rings. The molecule has 1 atom stereocenters. The summed E-state index contributed by atoms with van der Waals surface area (Å²) in [7, 11) is 1.30. The first-order chi connectivity index (χ1) is 7.24. The van der Waals surface area contributed by atoms with Gasteiger partial charge >= 0.3 is 5.97 Å². The van der Waals surface area contributed by atoms with Crippen LogP contribution in [0.15, 0.2) is 12.3 Å². The van der Waals surface area contributed by atoms with Gasteiger partial charge in [0.1, 0.15) is 11.6 Å². The van der Waals surface area contributed by atoms with E-state index in [0.29, 0.717) is 18.7 Å². The molecular weight excluding hydrogens is 196 g/mol. The van der Waals surface area contributed by atoms with Crippen LogP contribution >= 0.6 is 0 Å². The molecule has 5 nitrogen and oxygen atoms in total. The Morgan fingerprint density at radius 1 is 1.67 bits per heavy atom. The monoisotopic (exact) mass is 208 g/mol. The van der Waals surface area contributed by atoms with Crippen molar-refractivity contribution >= 4 is 11.8 Å². The number of ketones is 1. The van der Waals surface area contributed by atoms with Gasteiger partial charge in [-0.3, -0.25) is 14.3 Å². The minimum Gasteiger partial charge on any atom is -0.468 e. The molecule has 0 bridgehead atoms. The number of aromatic nitrogens is 2. The van der Waals surface area contributed by atoms with Crippen LogP contribution in [0.4, 0.5) is 0 Å². The van der Waals surface area contributed by atoms with E-state index in [9.17, 15) is 9.59 Å². The largest absolute Gasteiger partial charge is 0.468 e. The Morgan fingerprint density at radius 2 is 2.47 bits per heavy atom. The number of carbonyl (C=O) groups is 2. The third kappa shape index (κ3) is 1.65. The Hall–Kier alpha value is -1.65. The van der Waals surface area contributed by atoms with Crippen LogP contribution < -0.4 is 0 Å². The van der Waals surface area contributed by atoms with E-state index in [4.69, 9.17) is 0 Å². The lowest BCUT2D eigenvalue weighted by Crippen LogP contribution is -2.25. The fraction of sp³-hybridized carbons (Fsp3) is 0.500. The van der Waals surface area contributed by atoms with Crippen LogP contribution in [0, 0.1) is 5.92 Å². The zero-order valence-corrected chi connectivity index (χ0v) is 8.47. The van der Waals surface area contributed by atoms with Gasteiger partial charge in [0, 0.05) is 12.7 Å². The molecule has 0 saturated heterocycles. The van der Waals surface area contributed by atoms with E-state index in [0.717, 1.165) is 6.42 Å². The maximum atomic E-state index is 11.9. The van der Waals surface area contributed by atoms with E-state index in [-0.39, 0.29) is 5.78 Å². The van der Waals surface area contributed by atoms with Gasteiger partial charge in [0.2, 0.25) is 0 Å². The highest BCUT2D eigenvalue weighted by atomic mass is 16.5. The summed E-state index contributed by atoms with van der Waals surface area (Å²) < 4.78 is 6.26. The summed E-state index contributed by atoms with van der Waals surface area (Å²) in [6, 6.07) is 1.64. The molecule has 0 spiro atoms. The number of esters is 1. The lowest BCUT2D eigenvalue weighted by Gasteiger charge is -2.08. The zero-order chi connectivity index (χ0) is 10.8. The Labute approximate surface area is 87.0 Å². The van der Waals surface area contributed by atoms with E-state index in [2.05, 4.69) is 9.84 Å². The van der Waals surface area contributed by atoms with Crippen LogP contribution in [0.25, 0.3) is 0 Å². The molecule has 1 aliphatic heterocycles. The quantitative estimate of drug-likeness (QED) is 0.502. The molecule has 1 aromatic heterocycles. The van der Waals surface area contributed by atoms with E-state index >= 15 is 0 Å². The van der Waals surface area contributed by atoms with Crippen molar-refractivity contribution in [3.05, 3.63) is 18.0 Å². The lowest BCUT2D eigenvalue weighted by molar-refractivity contribution is -0.143. The summed E-state index contributed by atoms with van der Waals surface area (Å²) in [5.41, 5.74) is 0.503. The summed E-state index contributed by atoms with van der Waals surface area (Å²) >= 11 is 0. The average Bonchev–Trinajstić information content (AvgIpc) is 2.65. The fourth-order valence-corrected chi connectivity index (χ4v) is 1.84. The third-order valence-corrected chi connectivity index (χ3v) is 2.63. The van der Waals surface area contributed by atoms with Crippen LogP contribution in [0.1, 0.15) is 23.3 Å². The molecule has 5 heteroatoms. The second kappa shape index (κ2) is 3.84. The predicted octanol–water partition coefficient (Wildman–Crippen LogP) is 0.649. The highest BCUT2D eigenvalue weighted by Gasteiger charge is 2.32. The Kier molecular flexibility index (Phi) is 2.53. The van der Waals surface area contributed by atoms with Crippen LogP contribution in [0.3, 0.4) is 0 Å². The molecule has 0 radical (unpaired) electrons. The van der Waals surface area contributed by atoms with Crippen molar-refractivity contribution in [1.29, 1.82) is 0 Å². The Balaban J connectivity index is 2.32. The van der Waals surface area contributed by atoms with Gasteiger partial charge in [-0.2, -0.15) is 5.10 Å². The van der Waals surface area contributed by atoms with Crippen molar-refractivity contribution in [3.63, 3.8) is 0 Å². The number of hydrogen-bond donors (Lipinski definition) is 0. The van der Waals surface area contributed by atoms with E-state index < -0.39 is 11.9 Å². The first-order valence-electron chi connectivity index (χ1n) is 4.88. The number of rotatable bonds is 1. The van der Waals surface area contributed by atoms with E-state index in [1.54, 1.807) is 16.9 Å². The van der Waals surface area contributed by atoms with Crippen LogP contribution in [-0.2, 0) is 16.1 Å². The van der Waals surface area contributed by atoms with Gasteiger partial charge in [-0.25, -0.2) is 0 Å². The van der Waals surface area contributed by atoms with Crippen LogP contribution in [0.2, 0.25) is 0 Å². The predicted molar refractivity (Wildman–Crippen MR) is 51.3 cm³/mol. The van der Waals surface area contributed by atoms with Gasteiger partial charge in [-0.15, -0.1) is 0 Å². The van der Waals surface area contributed by atoms with Gasteiger partial charge in [-0.05, 0) is 18.9 Å². The second-order valence-electron chi connectivity index (χ2n) is 3.52. The van der Waals surface area contributed by atoms with Crippen molar-refractivity contribution in [3.8, 4) is 0 Å². The molecule has 0 amide bonds. The number of fused-ring (bicyclic) bond motifs is 1. The number of carbonyl (C=O) groups excluding carboxylic acids is 2. The Morgan fingerprint density at radius 3 is 3.20 bits per heavy atom. The Bertz CT molecular complexity index is 397. The van der Waals surface area contributed by atoms with Crippen molar-refractivity contribution in [2.24, 2.45) is 5.92 Å². The number of Topliss-reactive ketones (excluding diaryl/α,β-unsaturated/α-hetero) is 1. The van der Waals surface area contributed by atoms with Crippen molar-refractivity contribution in [2.45, 2.75) is 19.4 Å². The van der Waals surface area contributed by atoms with Crippen molar-refractivity contribution in [2.75, 3.05) is 7.11 Å². The molecule has 1 unspecified atom stereocenters. The zero-order valence-electron chi connectivity index (χ0n) is 8.47. The van der Waals surface area contributed by atoms with Gasteiger partial charge in [0.05, 0.1) is 7.11 Å². The van der Waals surface area contributed by atoms with E-state index in [1.165, 1.54) is 7.11 Å². The maximum Gasteiger partial charge on any atom is 0.316 e. The molecule has 15 heavy (non-hydrogen) atoms. The van der Waals surface area contributed by atoms with Crippen molar-refractivity contribution < 1.29 is 14.3 Å². The summed E-state index contributed by atoms with van der Waals surface area (Å²) in [6.07, 6.45) is 2.88. The van der Waals surface area contributed by atoms with Crippen molar-refractivity contribution in [1.82, 2.24) is 9.78 Å². The summed E-state index contributed by atoms with van der Waals surface area (Å²) in [6.45, 7) is 0.682. The molecule has 0 aromatic carbocycles. The molecule has 0 saturated carbocycles. The molecule has 0 fully saturated rings. The second-order valence-corrected chi connectivity index (χ2v) is 3.52. The molecule has 1 aliphatic rings. The topological polar surface area (TPSA) is 61.2 Å². The lowest BCUT2D eigenvalue weighted by atomic mass is 9.98. The first-order valence-corrected chi connectivity index (χ1v) is 4.88. The standard InChI is InChI=1S/C10H12N2O3/c1-15-10(14)7-3-2-6-12-8(9(7)13)4-5-11-12/h4-5,7H,2-3,6H2,1H3. The normalized spacial score (nSPS) is 20.6. The molecule has 2 rings (SSSR count). The number of aryl methyl sites for hydroxylation is 1. The summed E-state index contributed by atoms with van der Waals surface area (Å²) in [5, 5.41) is 4.03. The number of nitrogens with zero attached hydrogens (tertiary/aromatic N) is 2. The highest BCUT2D eigenvalue weighted by molar-refractivity contribution is 6.07. The fourth-order valence-electron chi connectivity index (χ4n) is 1.84. The number of ether oxygens (including phenoxy) is 1. The molecule has 2 heterocycles. The number of hydrogen-bond acceptors (Lipinski definition) is 4. The first kappa shape index (κ1) is 9.89. The smallest absolute Gasteiger partial charge is 0.316 e. The van der Waals surface area contributed by atoms with Gasteiger partial charge < -0.3 is 4.74 Å². The minimum absolute atomic E-state index is 0.183. The maximum absolute atomic E-state index is 11.9. The van der Waals surface area contributed by atoms with Gasteiger partial charge in [-0.1, -0.05) is 0 Å². The third-order valence-electron chi connectivity index (χ3n) is 2.63. The van der Waals surface area contributed by atoms with Crippen LogP contribution in [0.5, 0.6) is 0 Å². The average molecular weight is 208 g/mol. The van der Waals surface area contributed by atoms with E-state index in [1.807, 2.05) is 0 Å². The summed E-state index contributed by atoms with van der Waals surface area (Å²) in [4.78, 5) is 23.3. The summed E-state index contributed by atoms with van der Waals surface area (Å²) in [5.74, 6) is -1.29. The highest BCUT2D eigenvalue weighted by Crippen LogP contribution is 2.20. The molecule has 0 N–H and O–H groups in total. The van der Waals surface area contributed by atoms with Gasteiger partial charge in [0.25, 0.3) is 0 Å². The molecule has 0 aliphatic carbocycles. The SMILES string of the molecule is COC(=O)C1CCCn2nccc2C1=O. The van der Waals surface area contributed by atoms with Crippen LogP contribution in [-0.4, -0.2) is 28.6 Å². The molecular formula is C10H12N2O3. The number of methoxy groups -OCH3 is 1. The minimum atomic E-state index is -0.659.